The summed E-state index contributed by atoms with van der Waals surface area (Å²) >= 11 is 0. The molecule has 1 aromatic rings. The summed E-state index contributed by atoms with van der Waals surface area (Å²) < 4.78 is 19.1. The van der Waals surface area contributed by atoms with Crippen molar-refractivity contribution >= 4 is 6.08 Å². The zero-order valence-corrected chi connectivity index (χ0v) is 9.58. The number of benzene rings is 1. The molecule has 0 aliphatic carbocycles. The minimum absolute atomic E-state index is 0.00727. The first kappa shape index (κ1) is 11.3. The van der Waals surface area contributed by atoms with E-state index in [9.17, 15) is 4.39 Å². The first-order valence-corrected chi connectivity index (χ1v) is 5.77. The molecule has 1 fully saturated rings. The van der Waals surface area contributed by atoms with E-state index in [1.54, 1.807) is 6.08 Å². The number of ether oxygens (including phenoxy) is 1. The Hall–Kier alpha value is -1.15. The molecule has 0 amide bonds. The van der Waals surface area contributed by atoms with Gasteiger partial charge < -0.3 is 4.74 Å². The Morgan fingerprint density at radius 3 is 2.50 bits per heavy atom. The fraction of sp³-hybridized carbons (Fsp3) is 0.429. The van der Waals surface area contributed by atoms with Gasteiger partial charge in [-0.2, -0.15) is 0 Å². The van der Waals surface area contributed by atoms with Crippen LogP contribution in [-0.2, 0) is 4.74 Å². The summed E-state index contributed by atoms with van der Waals surface area (Å²) in [6.07, 6.45) is 3.25. The Bertz CT molecular complexity index is 361. The topological polar surface area (TPSA) is 9.23 Å². The molecule has 0 unspecified atom stereocenters. The molecule has 1 nitrogen and oxygen atoms in total. The number of rotatable bonds is 2. The van der Waals surface area contributed by atoms with E-state index in [-0.39, 0.29) is 11.7 Å². The molecule has 0 bridgehead atoms. The van der Waals surface area contributed by atoms with Crippen LogP contribution in [0.3, 0.4) is 0 Å². The lowest BCUT2D eigenvalue weighted by molar-refractivity contribution is 0.0705. The number of allylic oxidation sites excluding steroid dienone is 1. The van der Waals surface area contributed by atoms with Crippen molar-refractivity contribution in [1.29, 1.82) is 0 Å². The smallest absolute Gasteiger partial charge is 0.104 e. The molecule has 0 atom stereocenters. The SMILES string of the molecule is Cc1ccc(/C=C(\F)C2CCOCC2)cc1. The maximum Gasteiger partial charge on any atom is 0.104 e. The van der Waals surface area contributed by atoms with Crippen LogP contribution in [0.2, 0.25) is 0 Å². The Morgan fingerprint density at radius 1 is 1.25 bits per heavy atom. The predicted octanol–water partition coefficient (Wildman–Crippen LogP) is 3.73. The first-order valence-electron chi connectivity index (χ1n) is 5.77. The molecule has 0 aromatic heterocycles. The van der Waals surface area contributed by atoms with Crippen LogP contribution in [-0.4, -0.2) is 13.2 Å². The molecule has 1 heterocycles. The summed E-state index contributed by atoms with van der Waals surface area (Å²) in [4.78, 5) is 0. The van der Waals surface area contributed by atoms with E-state index < -0.39 is 0 Å². The monoisotopic (exact) mass is 220 g/mol. The molecule has 1 aliphatic rings. The number of hydrogen-bond donors (Lipinski definition) is 0. The Morgan fingerprint density at radius 2 is 1.88 bits per heavy atom. The minimum atomic E-state index is -0.00727. The van der Waals surface area contributed by atoms with E-state index in [1.165, 1.54) is 5.56 Å². The van der Waals surface area contributed by atoms with Gasteiger partial charge in [-0.1, -0.05) is 29.8 Å². The van der Waals surface area contributed by atoms with Gasteiger partial charge in [0.2, 0.25) is 0 Å². The maximum atomic E-state index is 13.9. The summed E-state index contributed by atoms with van der Waals surface area (Å²) in [5.74, 6) is 0.0437. The Kier molecular flexibility index (Phi) is 3.73. The van der Waals surface area contributed by atoms with Crippen LogP contribution < -0.4 is 0 Å². The van der Waals surface area contributed by atoms with Gasteiger partial charge in [-0.05, 0) is 31.4 Å². The molecule has 16 heavy (non-hydrogen) atoms. The molecule has 2 heteroatoms. The van der Waals surface area contributed by atoms with Crippen LogP contribution in [0, 0.1) is 12.8 Å². The molecule has 0 radical (unpaired) electrons. The number of halogens is 1. The van der Waals surface area contributed by atoms with Crippen LogP contribution in [0.5, 0.6) is 0 Å². The van der Waals surface area contributed by atoms with E-state index in [0.29, 0.717) is 13.2 Å². The van der Waals surface area contributed by atoms with Gasteiger partial charge in [-0.25, -0.2) is 4.39 Å². The minimum Gasteiger partial charge on any atom is -0.381 e. The zero-order chi connectivity index (χ0) is 11.4. The van der Waals surface area contributed by atoms with Crippen LogP contribution in [0.4, 0.5) is 4.39 Å². The van der Waals surface area contributed by atoms with Crippen molar-refractivity contribution < 1.29 is 9.13 Å². The second-order valence-corrected chi connectivity index (χ2v) is 4.33. The quantitative estimate of drug-likeness (QED) is 0.738. The Balaban J connectivity index is 2.07. The molecule has 0 spiro atoms. The van der Waals surface area contributed by atoms with Crippen molar-refractivity contribution in [2.24, 2.45) is 5.92 Å². The van der Waals surface area contributed by atoms with Crippen molar-refractivity contribution in [2.45, 2.75) is 19.8 Å². The normalized spacial score (nSPS) is 18.8. The van der Waals surface area contributed by atoms with E-state index in [4.69, 9.17) is 4.74 Å². The van der Waals surface area contributed by atoms with Gasteiger partial charge in [0.15, 0.2) is 0 Å². The second kappa shape index (κ2) is 5.26. The van der Waals surface area contributed by atoms with Crippen molar-refractivity contribution in [3.63, 3.8) is 0 Å². The van der Waals surface area contributed by atoms with Crippen molar-refractivity contribution in [2.75, 3.05) is 13.2 Å². The van der Waals surface area contributed by atoms with Crippen molar-refractivity contribution in [3.8, 4) is 0 Å². The molecule has 1 aliphatic heterocycles. The summed E-state index contributed by atoms with van der Waals surface area (Å²) in [6, 6.07) is 7.91. The van der Waals surface area contributed by atoms with Gasteiger partial charge in [-0.15, -0.1) is 0 Å². The van der Waals surface area contributed by atoms with Gasteiger partial charge >= 0.3 is 0 Å². The van der Waals surface area contributed by atoms with Crippen LogP contribution in [0.1, 0.15) is 24.0 Å². The van der Waals surface area contributed by atoms with Crippen LogP contribution >= 0.6 is 0 Å². The second-order valence-electron chi connectivity index (χ2n) is 4.33. The largest absolute Gasteiger partial charge is 0.381 e. The van der Waals surface area contributed by atoms with Gasteiger partial charge in [0.05, 0.1) is 0 Å². The lowest BCUT2D eigenvalue weighted by Crippen LogP contribution is -2.15. The predicted molar refractivity (Wildman–Crippen MR) is 63.8 cm³/mol. The van der Waals surface area contributed by atoms with E-state index in [1.807, 2.05) is 31.2 Å². The number of hydrogen-bond acceptors (Lipinski definition) is 1. The lowest BCUT2D eigenvalue weighted by atomic mass is 9.97. The maximum absolute atomic E-state index is 13.9. The molecule has 0 saturated carbocycles. The van der Waals surface area contributed by atoms with Crippen molar-refractivity contribution in [1.82, 2.24) is 0 Å². The average Bonchev–Trinajstić information content (AvgIpc) is 2.33. The third-order valence-electron chi connectivity index (χ3n) is 2.99. The summed E-state index contributed by atoms with van der Waals surface area (Å²) in [7, 11) is 0. The fourth-order valence-corrected chi connectivity index (χ4v) is 1.91. The fourth-order valence-electron chi connectivity index (χ4n) is 1.91. The van der Waals surface area contributed by atoms with E-state index in [2.05, 4.69) is 0 Å². The van der Waals surface area contributed by atoms with Gasteiger partial charge in [-0.3, -0.25) is 0 Å². The molecule has 1 saturated heterocycles. The number of aryl methyl sites for hydroxylation is 1. The van der Waals surface area contributed by atoms with Gasteiger partial charge in [0.1, 0.15) is 5.83 Å². The molecule has 0 N–H and O–H groups in total. The highest BCUT2D eigenvalue weighted by molar-refractivity contribution is 5.52. The highest BCUT2D eigenvalue weighted by atomic mass is 19.1. The van der Waals surface area contributed by atoms with Crippen LogP contribution in [0.25, 0.3) is 6.08 Å². The molecular weight excluding hydrogens is 203 g/mol. The highest BCUT2D eigenvalue weighted by Crippen LogP contribution is 2.26. The lowest BCUT2D eigenvalue weighted by Gasteiger charge is -2.20. The first-order chi connectivity index (χ1) is 7.75. The average molecular weight is 220 g/mol. The third kappa shape index (κ3) is 2.92. The Labute approximate surface area is 95.9 Å². The van der Waals surface area contributed by atoms with E-state index in [0.717, 1.165) is 18.4 Å². The zero-order valence-electron chi connectivity index (χ0n) is 9.58. The van der Waals surface area contributed by atoms with Gasteiger partial charge in [0.25, 0.3) is 0 Å². The summed E-state index contributed by atoms with van der Waals surface area (Å²) in [5.41, 5.74) is 2.14. The highest BCUT2D eigenvalue weighted by Gasteiger charge is 2.17. The van der Waals surface area contributed by atoms with E-state index >= 15 is 0 Å². The summed E-state index contributed by atoms with van der Waals surface area (Å²) in [6.45, 7) is 3.39. The molecular formula is C14H17FO. The van der Waals surface area contributed by atoms with Crippen LogP contribution in [0.15, 0.2) is 30.1 Å². The molecule has 1 aromatic carbocycles. The standard InChI is InChI=1S/C14H17FO/c1-11-2-4-12(5-3-11)10-14(15)13-6-8-16-9-7-13/h2-5,10,13H,6-9H2,1H3/b14-10-. The molecule has 86 valence electrons. The van der Waals surface area contributed by atoms with Crippen molar-refractivity contribution in [3.05, 3.63) is 41.2 Å². The van der Waals surface area contributed by atoms with Gasteiger partial charge in [0, 0.05) is 19.1 Å². The summed E-state index contributed by atoms with van der Waals surface area (Å²) in [5, 5.41) is 0. The third-order valence-corrected chi connectivity index (χ3v) is 2.99. The molecule has 2 rings (SSSR count).